The van der Waals surface area contributed by atoms with Gasteiger partial charge < -0.3 is 9.80 Å². The summed E-state index contributed by atoms with van der Waals surface area (Å²) >= 11 is 0. The van der Waals surface area contributed by atoms with E-state index in [1.54, 1.807) is 6.20 Å². The average molecular weight is 385 g/mol. The maximum Gasteiger partial charge on any atom is 0.262 e. The Bertz CT molecular complexity index is 1240. The third kappa shape index (κ3) is 3.15. The minimum Gasteiger partial charge on any atom is -0.340 e. The molecule has 1 aliphatic rings. The molecule has 0 saturated carbocycles. The number of aromatic nitrogens is 3. The van der Waals surface area contributed by atoms with Crippen molar-refractivity contribution in [3.05, 3.63) is 65.1 Å². The second kappa shape index (κ2) is 7.29. The molecule has 2 aromatic carbocycles. The van der Waals surface area contributed by atoms with Crippen molar-refractivity contribution >= 4 is 27.8 Å². The number of hydrogen-bond acceptors (Lipinski definition) is 5. The van der Waals surface area contributed by atoms with Crippen molar-refractivity contribution in [3.8, 4) is 11.1 Å². The molecule has 0 bridgehead atoms. The SMILES string of the molecule is CCN1CCN(c2nc3nccc(-c4cccc5ccccc45)c3c(=O)[nH]2)CC1. The predicted molar refractivity (Wildman–Crippen MR) is 117 cm³/mol. The molecule has 3 heterocycles. The van der Waals surface area contributed by atoms with Gasteiger partial charge in [0, 0.05) is 37.9 Å². The van der Waals surface area contributed by atoms with Gasteiger partial charge in [0.2, 0.25) is 5.95 Å². The molecular formula is C23H23N5O. The van der Waals surface area contributed by atoms with Gasteiger partial charge in [-0.25, -0.2) is 4.98 Å². The third-order valence-corrected chi connectivity index (χ3v) is 5.79. The van der Waals surface area contributed by atoms with Crippen LogP contribution in [0.2, 0.25) is 0 Å². The molecule has 1 fully saturated rings. The molecule has 4 aromatic rings. The van der Waals surface area contributed by atoms with E-state index in [0.717, 1.165) is 54.6 Å². The van der Waals surface area contributed by atoms with E-state index in [9.17, 15) is 4.79 Å². The van der Waals surface area contributed by atoms with Crippen LogP contribution in [0.3, 0.4) is 0 Å². The first-order valence-electron chi connectivity index (χ1n) is 10.1. The summed E-state index contributed by atoms with van der Waals surface area (Å²) in [5.41, 5.74) is 2.24. The van der Waals surface area contributed by atoms with Crippen LogP contribution in [0.4, 0.5) is 5.95 Å². The van der Waals surface area contributed by atoms with E-state index in [-0.39, 0.29) is 5.56 Å². The van der Waals surface area contributed by atoms with Crippen LogP contribution in [0.25, 0.3) is 32.9 Å². The lowest BCUT2D eigenvalue weighted by molar-refractivity contribution is 0.270. The molecule has 6 nitrogen and oxygen atoms in total. The highest BCUT2D eigenvalue weighted by Gasteiger charge is 2.20. The number of piperazine rings is 1. The number of fused-ring (bicyclic) bond motifs is 2. The molecule has 0 amide bonds. The summed E-state index contributed by atoms with van der Waals surface area (Å²) in [6.07, 6.45) is 1.74. The molecule has 2 aromatic heterocycles. The number of benzene rings is 2. The van der Waals surface area contributed by atoms with Gasteiger partial charge in [-0.2, -0.15) is 4.98 Å². The summed E-state index contributed by atoms with van der Waals surface area (Å²) in [6, 6.07) is 16.3. The number of hydrogen-bond donors (Lipinski definition) is 1. The summed E-state index contributed by atoms with van der Waals surface area (Å²) in [4.78, 5) is 29.8. The first kappa shape index (κ1) is 17.8. The highest BCUT2D eigenvalue weighted by atomic mass is 16.1. The number of pyridine rings is 1. The second-order valence-electron chi connectivity index (χ2n) is 7.39. The van der Waals surface area contributed by atoms with Gasteiger partial charge in [-0.15, -0.1) is 0 Å². The zero-order chi connectivity index (χ0) is 19.8. The number of rotatable bonds is 3. The summed E-state index contributed by atoms with van der Waals surface area (Å²) in [6.45, 7) is 6.87. The molecule has 0 spiro atoms. The lowest BCUT2D eigenvalue weighted by atomic mass is 9.97. The summed E-state index contributed by atoms with van der Waals surface area (Å²) in [7, 11) is 0. The predicted octanol–water partition coefficient (Wildman–Crippen LogP) is 3.28. The Morgan fingerprint density at radius 2 is 1.76 bits per heavy atom. The van der Waals surface area contributed by atoms with Crippen molar-refractivity contribution in [1.29, 1.82) is 0 Å². The van der Waals surface area contributed by atoms with Gasteiger partial charge in [0.25, 0.3) is 5.56 Å². The van der Waals surface area contributed by atoms with E-state index in [1.165, 1.54) is 0 Å². The molecule has 1 saturated heterocycles. The topological polar surface area (TPSA) is 65.1 Å². The first-order chi connectivity index (χ1) is 14.2. The van der Waals surface area contributed by atoms with Gasteiger partial charge >= 0.3 is 0 Å². The Morgan fingerprint density at radius 1 is 0.966 bits per heavy atom. The van der Waals surface area contributed by atoms with E-state index in [1.807, 2.05) is 24.3 Å². The summed E-state index contributed by atoms with van der Waals surface area (Å²) in [5.74, 6) is 0.612. The molecule has 1 N–H and O–H groups in total. The molecule has 6 heteroatoms. The fraction of sp³-hybridized carbons (Fsp3) is 0.261. The van der Waals surface area contributed by atoms with E-state index in [2.05, 4.69) is 51.0 Å². The lowest BCUT2D eigenvalue weighted by Crippen LogP contribution is -2.47. The summed E-state index contributed by atoms with van der Waals surface area (Å²) < 4.78 is 0. The molecular weight excluding hydrogens is 362 g/mol. The monoisotopic (exact) mass is 385 g/mol. The molecule has 0 atom stereocenters. The second-order valence-corrected chi connectivity index (χ2v) is 7.39. The Kier molecular flexibility index (Phi) is 4.48. The number of nitrogens with zero attached hydrogens (tertiary/aromatic N) is 4. The molecule has 1 aliphatic heterocycles. The van der Waals surface area contributed by atoms with Crippen molar-refractivity contribution in [2.24, 2.45) is 0 Å². The standard InChI is InChI=1S/C23H23N5O/c1-2-27-12-14-28(15-13-27)23-25-21-20(22(29)26-23)19(10-11-24-21)18-9-5-7-16-6-3-4-8-17(16)18/h3-11H,2,12-15H2,1H3,(H,24,25,26,29). The Labute approximate surface area is 168 Å². The zero-order valence-corrected chi connectivity index (χ0v) is 16.4. The van der Waals surface area contributed by atoms with Crippen molar-refractivity contribution in [2.75, 3.05) is 37.6 Å². The fourth-order valence-electron chi connectivity index (χ4n) is 4.16. The van der Waals surface area contributed by atoms with Gasteiger partial charge in [0.1, 0.15) is 0 Å². The van der Waals surface area contributed by atoms with Crippen LogP contribution in [0, 0.1) is 0 Å². The Balaban J connectivity index is 1.63. The molecule has 0 aliphatic carbocycles. The number of aromatic amines is 1. The van der Waals surface area contributed by atoms with Crippen molar-refractivity contribution in [1.82, 2.24) is 19.9 Å². The molecule has 0 radical (unpaired) electrons. The van der Waals surface area contributed by atoms with E-state index in [0.29, 0.717) is 17.0 Å². The molecule has 5 rings (SSSR count). The minimum absolute atomic E-state index is 0.140. The number of nitrogens with one attached hydrogen (secondary N) is 1. The van der Waals surface area contributed by atoms with Gasteiger partial charge in [0.15, 0.2) is 5.65 Å². The van der Waals surface area contributed by atoms with Crippen molar-refractivity contribution < 1.29 is 0 Å². The highest BCUT2D eigenvalue weighted by Crippen LogP contribution is 2.31. The van der Waals surface area contributed by atoms with Gasteiger partial charge in [-0.05, 0) is 28.9 Å². The number of H-pyrrole nitrogens is 1. The van der Waals surface area contributed by atoms with Crippen LogP contribution < -0.4 is 10.5 Å². The normalized spacial score (nSPS) is 15.3. The highest BCUT2D eigenvalue weighted by molar-refractivity contribution is 6.03. The van der Waals surface area contributed by atoms with Crippen molar-refractivity contribution in [3.63, 3.8) is 0 Å². The van der Waals surface area contributed by atoms with Gasteiger partial charge in [-0.1, -0.05) is 49.4 Å². The van der Waals surface area contributed by atoms with Crippen LogP contribution in [0.5, 0.6) is 0 Å². The maximum atomic E-state index is 13.1. The zero-order valence-electron chi connectivity index (χ0n) is 16.4. The summed E-state index contributed by atoms with van der Waals surface area (Å²) in [5, 5.41) is 2.80. The van der Waals surface area contributed by atoms with Crippen LogP contribution in [-0.2, 0) is 0 Å². The van der Waals surface area contributed by atoms with E-state index < -0.39 is 0 Å². The van der Waals surface area contributed by atoms with Crippen LogP contribution >= 0.6 is 0 Å². The Morgan fingerprint density at radius 3 is 2.59 bits per heavy atom. The quantitative estimate of drug-likeness (QED) is 0.586. The Hall–Kier alpha value is -3.25. The van der Waals surface area contributed by atoms with Crippen molar-refractivity contribution in [2.45, 2.75) is 6.92 Å². The van der Waals surface area contributed by atoms with Crippen LogP contribution in [0.1, 0.15) is 6.92 Å². The van der Waals surface area contributed by atoms with Crippen LogP contribution in [-0.4, -0.2) is 52.6 Å². The van der Waals surface area contributed by atoms with Gasteiger partial charge in [0.05, 0.1) is 5.39 Å². The average Bonchev–Trinajstić information content (AvgIpc) is 2.78. The van der Waals surface area contributed by atoms with Crippen LogP contribution in [0.15, 0.2) is 59.5 Å². The van der Waals surface area contributed by atoms with E-state index >= 15 is 0 Å². The van der Waals surface area contributed by atoms with E-state index in [4.69, 9.17) is 4.98 Å². The van der Waals surface area contributed by atoms with Gasteiger partial charge in [-0.3, -0.25) is 9.78 Å². The first-order valence-corrected chi connectivity index (χ1v) is 10.1. The minimum atomic E-state index is -0.140. The molecule has 29 heavy (non-hydrogen) atoms. The number of anilines is 1. The number of likely N-dealkylation sites (N-methyl/N-ethyl adjacent to an activating group) is 1. The lowest BCUT2D eigenvalue weighted by Gasteiger charge is -2.34. The molecule has 0 unspecified atom stereocenters. The third-order valence-electron chi connectivity index (χ3n) is 5.79. The largest absolute Gasteiger partial charge is 0.340 e. The molecule has 146 valence electrons. The smallest absolute Gasteiger partial charge is 0.262 e. The maximum absolute atomic E-state index is 13.1. The fourth-order valence-corrected chi connectivity index (χ4v) is 4.16.